The van der Waals surface area contributed by atoms with Crippen LogP contribution in [0.4, 0.5) is 11.5 Å². The summed E-state index contributed by atoms with van der Waals surface area (Å²) in [7, 11) is 3.01. The van der Waals surface area contributed by atoms with Gasteiger partial charge in [0, 0.05) is 51.4 Å². The van der Waals surface area contributed by atoms with Gasteiger partial charge in [0.15, 0.2) is 0 Å². The van der Waals surface area contributed by atoms with Gasteiger partial charge in [-0.15, -0.1) is 0 Å². The van der Waals surface area contributed by atoms with E-state index in [2.05, 4.69) is 10.6 Å². The van der Waals surface area contributed by atoms with Gasteiger partial charge in [-0.1, -0.05) is 0 Å². The number of aliphatic hydroxyl groups is 1. The lowest BCUT2D eigenvalue weighted by Gasteiger charge is -2.19. The quantitative estimate of drug-likeness (QED) is 0.322. The maximum Gasteiger partial charge on any atom is 0.332 e. The second-order valence-corrected chi connectivity index (χ2v) is 6.65. The number of benzene rings is 1. The summed E-state index contributed by atoms with van der Waals surface area (Å²) in [6, 6.07) is 7.19. The molecule has 0 saturated heterocycles. The topological polar surface area (TPSA) is 131 Å². The first-order valence-electron chi connectivity index (χ1n) is 8.87. The molecule has 28 heavy (non-hydrogen) atoms. The van der Waals surface area contributed by atoms with Crippen LogP contribution >= 0.6 is 0 Å². The van der Waals surface area contributed by atoms with E-state index in [0.29, 0.717) is 30.9 Å². The van der Waals surface area contributed by atoms with Crippen molar-refractivity contribution in [3.63, 3.8) is 0 Å². The van der Waals surface area contributed by atoms with Crippen LogP contribution in [0.1, 0.15) is 25.0 Å². The Morgan fingerprint density at radius 1 is 1.14 bits per heavy atom. The van der Waals surface area contributed by atoms with Crippen molar-refractivity contribution >= 4 is 11.5 Å². The SMILES string of the molecule is CC(CC(O)c1ccc([N+](=O)[O-])cc1)NCCNc1cc(=O)n(C)c(=O)n1C. The molecule has 1 aromatic heterocycles. The molecule has 0 fully saturated rings. The summed E-state index contributed by atoms with van der Waals surface area (Å²) in [6.07, 6.45) is -0.309. The van der Waals surface area contributed by atoms with E-state index in [1.807, 2.05) is 6.92 Å². The van der Waals surface area contributed by atoms with Gasteiger partial charge >= 0.3 is 5.69 Å². The number of nitro benzene ring substituents is 1. The molecule has 0 aliphatic heterocycles. The summed E-state index contributed by atoms with van der Waals surface area (Å²) in [5.74, 6) is 0.438. The van der Waals surface area contributed by atoms with Crippen LogP contribution in [0, 0.1) is 10.1 Å². The number of rotatable bonds is 9. The lowest BCUT2D eigenvalue weighted by molar-refractivity contribution is -0.384. The van der Waals surface area contributed by atoms with Crippen molar-refractivity contribution < 1.29 is 10.0 Å². The van der Waals surface area contributed by atoms with Gasteiger partial charge in [0.2, 0.25) is 0 Å². The predicted molar refractivity (Wildman–Crippen MR) is 106 cm³/mol. The van der Waals surface area contributed by atoms with Crippen molar-refractivity contribution in [2.45, 2.75) is 25.5 Å². The fourth-order valence-electron chi connectivity index (χ4n) is 2.78. The van der Waals surface area contributed by atoms with E-state index >= 15 is 0 Å². The molecule has 1 heterocycles. The van der Waals surface area contributed by atoms with E-state index in [1.165, 1.54) is 29.8 Å². The molecule has 2 atom stereocenters. The van der Waals surface area contributed by atoms with Crippen LogP contribution in [-0.2, 0) is 14.1 Å². The van der Waals surface area contributed by atoms with E-state index in [0.717, 1.165) is 4.57 Å². The van der Waals surface area contributed by atoms with Gasteiger partial charge in [0.05, 0.1) is 11.0 Å². The number of hydrogen-bond acceptors (Lipinski definition) is 7. The molecule has 0 bridgehead atoms. The Morgan fingerprint density at radius 3 is 2.39 bits per heavy atom. The van der Waals surface area contributed by atoms with Gasteiger partial charge in [-0.05, 0) is 31.0 Å². The largest absolute Gasteiger partial charge is 0.388 e. The number of nitro groups is 1. The minimum absolute atomic E-state index is 0.0144. The monoisotopic (exact) mass is 391 g/mol. The van der Waals surface area contributed by atoms with E-state index in [1.54, 1.807) is 19.2 Å². The second kappa shape index (κ2) is 9.29. The molecule has 0 radical (unpaired) electrons. The average Bonchev–Trinajstić information content (AvgIpc) is 2.67. The molecule has 152 valence electrons. The smallest absolute Gasteiger partial charge is 0.332 e. The lowest BCUT2D eigenvalue weighted by Crippen LogP contribution is -2.38. The minimum atomic E-state index is -0.741. The Bertz CT molecular complexity index is 935. The van der Waals surface area contributed by atoms with Gasteiger partial charge in [0.1, 0.15) is 5.82 Å². The van der Waals surface area contributed by atoms with Gasteiger partial charge in [0.25, 0.3) is 11.2 Å². The van der Waals surface area contributed by atoms with Crippen LogP contribution in [0.3, 0.4) is 0 Å². The van der Waals surface area contributed by atoms with E-state index < -0.39 is 16.7 Å². The molecular weight excluding hydrogens is 366 g/mol. The number of hydrogen-bond donors (Lipinski definition) is 3. The molecule has 2 unspecified atom stereocenters. The Morgan fingerprint density at radius 2 is 1.79 bits per heavy atom. The maximum atomic E-state index is 11.9. The highest BCUT2D eigenvalue weighted by atomic mass is 16.6. The molecule has 0 aliphatic carbocycles. The van der Waals surface area contributed by atoms with Crippen LogP contribution in [0.2, 0.25) is 0 Å². The molecule has 0 saturated carbocycles. The number of anilines is 1. The Hall–Kier alpha value is -2.98. The third-order valence-corrected chi connectivity index (χ3v) is 4.52. The molecule has 0 spiro atoms. The minimum Gasteiger partial charge on any atom is -0.388 e. The standard InChI is InChI=1S/C18H25N5O5/c1-12(10-15(24)13-4-6-14(7-5-13)23(27)28)19-8-9-20-16-11-17(25)22(3)18(26)21(16)2/h4-7,11-12,15,19-20,24H,8-10H2,1-3H3. The van der Waals surface area contributed by atoms with Gasteiger partial charge in [-0.25, -0.2) is 4.79 Å². The Balaban J connectivity index is 1.81. The van der Waals surface area contributed by atoms with Crippen LogP contribution in [0.25, 0.3) is 0 Å². The fourth-order valence-corrected chi connectivity index (χ4v) is 2.78. The normalized spacial score (nSPS) is 13.1. The molecular formula is C18H25N5O5. The summed E-state index contributed by atoms with van der Waals surface area (Å²) in [6.45, 7) is 2.96. The lowest BCUT2D eigenvalue weighted by atomic mass is 10.0. The zero-order valence-corrected chi connectivity index (χ0v) is 16.1. The first kappa shape index (κ1) is 21.3. The predicted octanol–water partition coefficient (Wildman–Crippen LogP) is 0.506. The molecule has 10 nitrogen and oxygen atoms in total. The van der Waals surface area contributed by atoms with Crippen LogP contribution in [0.5, 0.6) is 0 Å². The Labute approximate surface area is 161 Å². The van der Waals surface area contributed by atoms with Gasteiger partial charge in [-0.2, -0.15) is 0 Å². The molecule has 2 aromatic rings. The third kappa shape index (κ3) is 5.27. The second-order valence-electron chi connectivity index (χ2n) is 6.65. The molecule has 10 heteroatoms. The van der Waals surface area contributed by atoms with Crippen molar-refractivity contribution in [3.8, 4) is 0 Å². The van der Waals surface area contributed by atoms with Crippen molar-refractivity contribution in [1.29, 1.82) is 0 Å². The van der Waals surface area contributed by atoms with Crippen LogP contribution < -0.4 is 21.9 Å². The van der Waals surface area contributed by atoms with Crippen LogP contribution in [-0.4, -0.2) is 38.3 Å². The van der Waals surface area contributed by atoms with Crippen molar-refractivity contribution in [2.24, 2.45) is 14.1 Å². The number of non-ortho nitro benzene ring substituents is 1. The summed E-state index contributed by atoms with van der Waals surface area (Å²) < 4.78 is 2.40. The zero-order chi connectivity index (χ0) is 20.8. The molecule has 0 amide bonds. The summed E-state index contributed by atoms with van der Waals surface area (Å²) in [4.78, 5) is 33.8. The molecule has 3 N–H and O–H groups in total. The highest BCUT2D eigenvalue weighted by molar-refractivity contribution is 5.34. The van der Waals surface area contributed by atoms with Crippen LogP contribution in [0.15, 0.2) is 39.9 Å². The highest BCUT2D eigenvalue weighted by Gasteiger charge is 2.14. The number of aliphatic hydroxyl groups excluding tert-OH is 1. The zero-order valence-electron chi connectivity index (χ0n) is 16.1. The van der Waals surface area contributed by atoms with Crippen molar-refractivity contribution in [1.82, 2.24) is 14.5 Å². The first-order chi connectivity index (χ1) is 13.2. The average molecular weight is 391 g/mol. The van der Waals surface area contributed by atoms with Crippen molar-refractivity contribution in [3.05, 3.63) is 66.8 Å². The molecule has 1 aromatic carbocycles. The summed E-state index contributed by atoms with van der Waals surface area (Å²) in [5, 5.41) is 27.2. The number of aromatic nitrogens is 2. The summed E-state index contributed by atoms with van der Waals surface area (Å²) in [5.41, 5.74) is -0.174. The highest BCUT2D eigenvalue weighted by Crippen LogP contribution is 2.21. The Kier molecular flexibility index (Phi) is 7.07. The first-order valence-corrected chi connectivity index (χ1v) is 8.87. The van der Waals surface area contributed by atoms with E-state index in [-0.39, 0.29) is 17.3 Å². The van der Waals surface area contributed by atoms with Gasteiger partial charge < -0.3 is 15.7 Å². The number of nitrogens with one attached hydrogen (secondary N) is 2. The summed E-state index contributed by atoms with van der Waals surface area (Å²) >= 11 is 0. The van der Waals surface area contributed by atoms with E-state index in [4.69, 9.17) is 0 Å². The van der Waals surface area contributed by atoms with Gasteiger partial charge in [-0.3, -0.25) is 24.0 Å². The fraction of sp³-hybridized carbons (Fsp3) is 0.444. The maximum absolute atomic E-state index is 11.9. The van der Waals surface area contributed by atoms with E-state index in [9.17, 15) is 24.8 Å². The molecule has 0 aliphatic rings. The van der Waals surface area contributed by atoms with Crippen molar-refractivity contribution in [2.75, 3.05) is 18.4 Å². The third-order valence-electron chi connectivity index (χ3n) is 4.52. The molecule has 2 rings (SSSR count). The number of nitrogens with zero attached hydrogens (tertiary/aromatic N) is 3.